The van der Waals surface area contributed by atoms with Gasteiger partial charge < -0.3 is 15.7 Å². The van der Waals surface area contributed by atoms with Crippen LogP contribution in [0, 0.1) is 0 Å². The van der Waals surface area contributed by atoms with Crippen molar-refractivity contribution in [2.24, 2.45) is 0 Å². The molecule has 0 saturated heterocycles. The van der Waals surface area contributed by atoms with E-state index in [2.05, 4.69) is 39.4 Å². The highest BCUT2D eigenvalue weighted by atomic mass is 35.5. The Labute approximate surface area is 157 Å². The number of halogens is 1. The van der Waals surface area contributed by atoms with Crippen molar-refractivity contribution >= 4 is 29.1 Å². The van der Waals surface area contributed by atoms with Crippen LogP contribution in [-0.2, 0) is 0 Å². The number of anilines is 3. The quantitative estimate of drug-likeness (QED) is 0.538. The Balaban J connectivity index is 1.98. The molecule has 3 aromatic rings. The van der Waals surface area contributed by atoms with E-state index >= 15 is 0 Å². The fourth-order valence-corrected chi connectivity index (χ4v) is 2.53. The van der Waals surface area contributed by atoms with Crippen molar-refractivity contribution in [2.75, 3.05) is 10.6 Å². The lowest BCUT2D eigenvalue weighted by Crippen LogP contribution is -2.16. The van der Waals surface area contributed by atoms with Crippen molar-refractivity contribution in [1.82, 2.24) is 15.0 Å². The Morgan fingerprint density at radius 1 is 1.12 bits per heavy atom. The molecule has 0 aliphatic heterocycles. The highest BCUT2D eigenvalue weighted by molar-refractivity contribution is 6.33. The topological polar surface area (TPSA) is 83.0 Å². The molecule has 1 aromatic carbocycles. The number of rotatable bonds is 6. The lowest BCUT2D eigenvalue weighted by Gasteiger charge is -2.15. The molecule has 6 nitrogen and oxygen atoms in total. The lowest BCUT2D eigenvalue weighted by molar-refractivity contribution is 0.475. The molecular formula is C19H20ClN5O. The highest BCUT2D eigenvalue weighted by Crippen LogP contribution is 2.30. The number of benzene rings is 1. The zero-order valence-electron chi connectivity index (χ0n) is 14.6. The second kappa shape index (κ2) is 8.01. The third-order valence-electron chi connectivity index (χ3n) is 3.91. The van der Waals surface area contributed by atoms with Gasteiger partial charge in [-0.25, -0.2) is 4.98 Å². The molecular weight excluding hydrogens is 350 g/mol. The van der Waals surface area contributed by atoms with E-state index in [1.165, 1.54) is 6.07 Å². The van der Waals surface area contributed by atoms with Crippen LogP contribution in [0.3, 0.4) is 0 Å². The standard InChI is InChI=1S/C19H20ClN5O/c1-3-12(2)22-19-24-17(13-6-8-21-9-7-13)11-18(25-19)23-16-5-4-14(26)10-15(16)20/h4-12,26H,3H2,1-2H3,(H2,22,23,24,25)/t12-/m1/s1. The second-order valence-electron chi connectivity index (χ2n) is 5.94. The summed E-state index contributed by atoms with van der Waals surface area (Å²) < 4.78 is 0. The molecule has 0 radical (unpaired) electrons. The molecule has 0 bridgehead atoms. The van der Waals surface area contributed by atoms with Gasteiger partial charge in [0.15, 0.2) is 0 Å². The van der Waals surface area contributed by atoms with Crippen LogP contribution in [0.1, 0.15) is 20.3 Å². The normalized spacial score (nSPS) is 11.8. The zero-order chi connectivity index (χ0) is 18.5. The van der Waals surface area contributed by atoms with Crippen molar-refractivity contribution in [2.45, 2.75) is 26.3 Å². The zero-order valence-corrected chi connectivity index (χ0v) is 15.3. The minimum absolute atomic E-state index is 0.111. The molecule has 0 unspecified atom stereocenters. The maximum atomic E-state index is 9.51. The number of phenolic OH excluding ortho intramolecular Hbond substituents is 1. The monoisotopic (exact) mass is 369 g/mol. The molecule has 134 valence electrons. The second-order valence-corrected chi connectivity index (χ2v) is 6.35. The number of pyridine rings is 1. The molecule has 0 spiro atoms. The predicted molar refractivity (Wildman–Crippen MR) is 105 cm³/mol. The van der Waals surface area contributed by atoms with Gasteiger partial charge in [-0.15, -0.1) is 0 Å². The van der Waals surface area contributed by atoms with Crippen molar-refractivity contribution in [3.8, 4) is 17.0 Å². The molecule has 1 atom stereocenters. The molecule has 0 aliphatic carbocycles. The van der Waals surface area contributed by atoms with Gasteiger partial charge in [0.1, 0.15) is 11.6 Å². The van der Waals surface area contributed by atoms with Crippen LogP contribution in [0.4, 0.5) is 17.5 Å². The van der Waals surface area contributed by atoms with Gasteiger partial charge in [0.25, 0.3) is 0 Å². The molecule has 2 aromatic heterocycles. The molecule has 0 fully saturated rings. The third kappa shape index (κ3) is 4.40. The SMILES string of the molecule is CC[C@@H](C)Nc1nc(Nc2ccc(O)cc2Cl)cc(-c2ccncc2)n1. The first kappa shape index (κ1) is 17.9. The fraction of sp³-hybridized carbons (Fsp3) is 0.211. The molecule has 2 heterocycles. The van der Waals surface area contributed by atoms with Gasteiger partial charge in [-0.05, 0) is 37.6 Å². The van der Waals surface area contributed by atoms with E-state index in [1.807, 2.05) is 18.2 Å². The molecule has 3 rings (SSSR count). The largest absolute Gasteiger partial charge is 0.508 e. The van der Waals surface area contributed by atoms with Gasteiger partial charge in [-0.1, -0.05) is 18.5 Å². The smallest absolute Gasteiger partial charge is 0.225 e. The van der Waals surface area contributed by atoms with Crippen LogP contribution < -0.4 is 10.6 Å². The number of nitrogens with one attached hydrogen (secondary N) is 2. The summed E-state index contributed by atoms with van der Waals surface area (Å²) in [6.45, 7) is 4.17. The summed E-state index contributed by atoms with van der Waals surface area (Å²) >= 11 is 6.19. The van der Waals surface area contributed by atoms with Crippen molar-refractivity contribution in [3.05, 3.63) is 53.8 Å². The Hall–Kier alpha value is -2.86. The number of hydrogen-bond acceptors (Lipinski definition) is 6. The molecule has 3 N–H and O–H groups in total. The summed E-state index contributed by atoms with van der Waals surface area (Å²) in [6, 6.07) is 10.6. The van der Waals surface area contributed by atoms with Crippen molar-refractivity contribution < 1.29 is 5.11 Å². The summed E-state index contributed by atoms with van der Waals surface area (Å²) in [6.07, 6.45) is 4.40. The Morgan fingerprint density at radius 3 is 2.58 bits per heavy atom. The van der Waals surface area contributed by atoms with Gasteiger partial charge in [0.2, 0.25) is 5.95 Å². The van der Waals surface area contributed by atoms with Crippen LogP contribution in [0.15, 0.2) is 48.8 Å². The maximum Gasteiger partial charge on any atom is 0.225 e. The first-order valence-electron chi connectivity index (χ1n) is 8.36. The van der Waals surface area contributed by atoms with Crippen molar-refractivity contribution in [3.63, 3.8) is 0 Å². The Bertz CT molecular complexity index is 888. The molecule has 26 heavy (non-hydrogen) atoms. The van der Waals surface area contributed by atoms with Gasteiger partial charge in [-0.3, -0.25) is 4.98 Å². The van der Waals surface area contributed by atoms with Gasteiger partial charge in [-0.2, -0.15) is 4.98 Å². The molecule has 0 amide bonds. The first-order valence-corrected chi connectivity index (χ1v) is 8.74. The van der Waals surface area contributed by atoms with E-state index in [0.29, 0.717) is 22.5 Å². The Kier molecular flexibility index (Phi) is 5.53. The average Bonchev–Trinajstić information content (AvgIpc) is 2.64. The first-order chi connectivity index (χ1) is 12.5. The molecule has 0 saturated carbocycles. The minimum Gasteiger partial charge on any atom is -0.508 e. The van der Waals surface area contributed by atoms with E-state index in [9.17, 15) is 5.11 Å². The van der Waals surface area contributed by atoms with Crippen LogP contribution in [0.5, 0.6) is 5.75 Å². The number of nitrogens with zero attached hydrogens (tertiary/aromatic N) is 3. The number of aromatic nitrogens is 3. The third-order valence-corrected chi connectivity index (χ3v) is 4.22. The number of phenols is 1. The van der Waals surface area contributed by atoms with Gasteiger partial charge in [0.05, 0.1) is 16.4 Å². The summed E-state index contributed by atoms with van der Waals surface area (Å²) in [5, 5.41) is 16.4. The summed E-state index contributed by atoms with van der Waals surface area (Å²) in [5.41, 5.74) is 2.36. The average molecular weight is 370 g/mol. The number of aromatic hydroxyl groups is 1. The lowest BCUT2D eigenvalue weighted by atomic mass is 10.2. The van der Waals surface area contributed by atoms with E-state index in [1.54, 1.807) is 24.5 Å². The van der Waals surface area contributed by atoms with Crippen molar-refractivity contribution in [1.29, 1.82) is 0 Å². The Morgan fingerprint density at radius 2 is 1.88 bits per heavy atom. The number of hydrogen-bond donors (Lipinski definition) is 3. The minimum atomic E-state index is 0.111. The summed E-state index contributed by atoms with van der Waals surface area (Å²) in [5.74, 6) is 1.25. The summed E-state index contributed by atoms with van der Waals surface area (Å²) in [7, 11) is 0. The van der Waals surface area contributed by atoms with Crippen LogP contribution >= 0.6 is 11.6 Å². The van der Waals surface area contributed by atoms with E-state index in [4.69, 9.17) is 11.6 Å². The summed E-state index contributed by atoms with van der Waals surface area (Å²) in [4.78, 5) is 13.2. The predicted octanol–water partition coefficient (Wildman–Crippen LogP) is 4.85. The van der Waals surface area contributed by atoms with Gasteiger partial charge in [0, 0.05) is 36.1 Å². The van der Waals surface area contributed by atoms with E-state index in [0.717, 1.165) is 17.7 Å². The van der Waals surface area contributed by atoms with Crippen LogP contribution in [-0.4, -0.2) is 26.1 Å². The van der Waals surface area contributed by atoms with E-state index < -0.39 is 0 Å². The molecule has 0 aliphatic rings. The van der Waals surface area contributed by atoms with Crippen LogP contribution in [0.2, 0.25) is 5.02 Å². The fourth-order valence-electron chi connectivity index (χ4n) is 2.31. The van der Waals surface area contributed by atoms with Gasteiger partial charge >= 0.3 is 0 Å². The maximum absolute atomic E-state index is 9.51. The molecule has 7 heteroatoms. The highest BCUT2D eigenvalue weighted by Gasteiger charge is 2.10. The van der Waals surface area contributed by atoms with E-state index in [-0.39, 0.29) is 11.8 Å². The van der Waals surface area contributed by atoms with Crippen LogP contribution in [0.25, 0.3) is 11.3 Å².